The van der Waals surface area contributed by atoms with Gasteiger partial charge in [0.15, 0.2) is 5.78 Å². The Morgan fingerprint density at radius 1 is 1.00 bits per heavy atom. The predicted molar refractivity (Wildman–Crippen MR) is 67.8 cm³/mol. The monoisotopic (exact) mass is 258 g/mol. The molecule has 0 heterocycles. The summed E-state index contributed by atoms with van der Waals surface area (Å²) in [5, 5.41) is 9.02. The largest absolute Gasteiger partial charge is 0.478 e. The van der Waals surface area contributed by atoms with Gasteiger partial charge in [0.2, 0.25) is 0 Å². The number of hydrogen-bond donors (Lipinski definition) is 1. The fraction of sp³-hybridized carbons (Fsp3) is 0.0667. The standard InChI is InChI=1S/C15H11FO3/c16-12-7-5-10(6-8-12)14(17)9-11-3-1-2-4-13(11)15(18)19/h1-8H,9H2,(H,18,19). The molecule has 0 aliphatic rings. The molecule has 19 heavy (non-hydrogen) atoms. The molecule has 0 aliphatic heterocycles. The summed E-state index contributed by atoms with van der Waals surface area (Å²) >= 11 is 0. The Labute approximate surface area is 109 Å². The molecule has 3 nitrogen and oxygen atoms in total. The summed E-state index contributed by atoms with van der Waals surface area (Å²) in [5.41, 5.74) is 0.920. The summed E-state index contributed by atoms with van der Waals surface area (Å²) in [5.74, 6) is -1.72. The van der Waals surface area contributed by atoms with E-state index in [-0.39, 0.29) is 17.8 Å². The maximum atomic E-state index is 12.8. The number of carbonyl (C=O) groups excluding carboxylic acids is 1. The minimum Gasteiger partial charge on any atom is -0.478 e. The van der Waals surface area contributed by atoms with Gasteiger partial charge < -0.3 is 5.11 Å². The molecule has 4 heteroatoms. The molecule has 2 rings (SSSR count). The predicted octanol–water partition coefficient (Wildman–Crippen LogP) is 2.95. The molecule has 2 aromatic rings. The number of ketones is 1. The lowest BCUT2D eigenvalue weighted by molar-refractivity contribution is 0.0696. The second-order valence-electron chi connectivity index (χ2n) is 4.07. The number of halogens is 1. The van der Waals surface area contributed by atoms with Gasteiger partial charge in [-0.2, -0.15) is 0 Å². The lowest BCUT2D eigenvalue weighted by Gasteiger charge is -2.05. The summed E-state index contributed by atoms with van der Waals surface area (Å²) in [7, 11) is 0. The van der Waals surface area contributed by atoms with Crippen LogP contribution in [0.2, 0.25) is 0 Å². The van der Waals surface area contributed by atoms with E-state index in [1.54, 1.807) is 18.2 Å². The van der Waals surface area contributed by atoms with Gasteiger partial charge in [-0.15, -0.1) is 0 Å². The normalized spacial score (nSPS) is 10.2. The van der Waals surface area contributed by atoms with Crippen LogP contribution in [0.25, 0.3) is 0 Å². The topological polar surface area (TPSA) is 54.4 Å². The third-order valence-corrected chi connectivity index (χ3v) is 2.76. The van der Waals surface area contributed by atoms with Crippen LogP contribution < -0.4 is 0 Å². The van der Waals surface area contributed by atoms with E-state index in [4.69, 9.17) is 5.11 Å². The molecule has 0 spiro atoms. The SMILES string of the molecule is O=C(Cc1ccccc1C(=O)O)c1ccc(F)cc1. The fourth-order valence-electron chi connectivity index (χ4n) is 1.79. The second-order valence-corrected chi connectivity index (χ2v) is 4.07. The molecule has 0 amide bonds. The van der Waals surface area contributed by atoms with Crippen LogP contribution in [-0.2, 0) is 6.42 Å². The molecule has 0 unspecified atom stereocenters. The van der Waals surface area contributed by atoms with Gasteiger partial charge in [0.1, 0.15) is 5.82 Å². The van der Waals surface area contributed by atoms with Crippen molar-refractivity contribution in [2.75, 3.05) is 0 Å². The molecule has 0 fully saturated rings. The van der Waals surface area contributed by atoms with Crippen molar-refractivity contribution in [1.82, 2.24) is 0 Å². The quantitative estimate of drug-likeness (QED) is 0.858. The fourth-order valence-corrected chi connectivity index (χ4v) is 1.79. The van der Waals surface area contributed by atoms with Crippen molar-refractivity contribution in [1.29, 1.82) is 0 Å². The van der Waals surface area contributed by atoms with E-state index >= 15 is 0 Å². The van der Waals surface area contributed by atoms with Gasteiger partial charge >= 0.3 is 5.97 Å². The zero-order valence-corrected chi connectivity index (χ0v) is 9.97. The van der Waals surface area contributed by atoms with Gasteiger partial charge in [-0.25, -0.2) is 9.18 Å². The minimum absolute atomic E-state index is 0.0197. The van der Waals surface area contributed by atoms with Crippen molar-refractivity contribution in [3.05, 3.63) is 71.0 Å². The van der Waals surface area contributed by atoms with E-state index in [1.165, 1.54) is 30.3 Å². The van der Waals surface area contributed by atoms with Gasteiger partial charge in [0, 0.05) is 12.0 Å². The molecule has 2 aromatic carbocycles. The van der Waals surface area contributed by atoms with Gasteiger partial charge in [-0.3, -0.25) is 4.79 Å². The van der Waals surface area contributed by atoms with Crippen LogP contribution in [-0.4, -0.2) is 16.9 Å². The molecule has 1 N–H and O–H groups in total. The third kappa shape index (κ3) is 3.04. The van der Waals surface area contributed by atoms with Crippen LogP contribution in [0.3, 0.4) is 0 Å². The molecule has 0 aromatic heterocycles. The molecule has 0 bridgehead atoms. The molecule has 0 atom stereocenters. The van der Waals surface area contributed by atoms with Gasteiger partial charge in [-0.1, -0.05) is 18.2 Å². The van der Waals surface area contributed by atoms with Gasteiger partial charge in [0.05, 0.1) is 5.56 Å². The van der Waals surface area contributed by atoms with Crippen molar-refractivity contribution in [2.24, 2.45) is 0 Å². The summed E-state index contributed by atoms with van der Waals surface area (Å²) in [4.78, 5) is 23.0. The first kappa shape index (κ1) is 13.0. The second kappa shape index (κ2) is 5.44. The summed E-state index contributed by atoms with van der Waals surface area (Å²) < 4.78 is 12.8. The smallest absolute Gasteiger partial charge is 0.335 e. The number of Topliss-reactive ketones (excluding diaryl/α,β-unsaturated/α-hetero) is 1. The van der Waals surface area contributed by atoms with E-state index in [2.05, 4.69) is 0 Å². The molecule has 0 radical (unpaired) electrons. The van der Waals surface area contributed by atoms with E-state index < -0.39 is 11.8 Å². The number of carboxylic acid groups (broad SMARTS) is 1. The van der Waals surface area contributed by atoms with Gasteiger partial charge in [-0.05, 0) is 35.9 Å². The van der Waals surface area contributed by atoms with Crippen LogP contribution in [0.5, 0.6) is 0 Å². The van der Waals surface area contributed by atoms with Crippen LogP contribution in [0.15, 0.2) is 48.5 Å². The maximum Gasteiger partial charge on any atom is 0.335 e. The van der Waals surface area contributed by atoms with Crippen molar-refractivity contribution in [2.45, 2.75) is 6.42 Å². The Kier molecular flexibility index (Phi) is 3.71. The minimum atomic E-state index is -1.07. The maximum absolute atomic E-state index is 12.8. The van der Waals surface area contributed by atoms with Crippen LogP contribution in [0.4, 0.5) is 4.39 Å². The van der Waals surface area contributed by atoms with Crippen molar-refractivity contribution in [3.8, 4) is 0 Å². The lowest BCUT2D eigenvalue weighted by atomic mass is 9.99. The van der Waals surface area contributed by atoms with E-state index in [0.717, 1.165) is 0 Å². The Hall–Kier alpha value is -2.49. The molecule has 96 valence electrons. The molecule has 0 saturated carbocycles. The van der Waals surface area contributed by atoms with E-state index in [0.29, 0.717) is 11.1 Å². The Morgan fingerprint density at radius 3 is 2.26 bits per heavy atom. The molecular weight excluding hydrogens is 247 g/mol. The Balaban J connectivity index is 2.24. The first-order valence-corrected chi connectivity index (χ1v) is 5.68. The highest BCUT2D eigenvalue weighted by atomic mass is 19.1. The summed E-state index contributed by atoms with van der Waals surface area (Å²) in [6, 6.07) is 11.5. The number of carboxylic acids is 1. The van der Waals surface area contributed by atoms with Gasteiger partial charge in [0.25, 0.3) is 0 Å². The third-order valence-electron chi connectivity index (χ3n) is 2.76. The average Bonchev–Trinajstić information content (AvgIpc) is 2.39. The number of hydrogen-bond acceptors (Lipinski definition) is 2. The Morgan fingerprint density at radius 2 is 1.63 bits per heavy atom. The van der Waals surface area contributed by atoms with Crippen molar-refractivity contribution in [3.63, 3.8) is 0 Å². The first-order valence-electron chi connectivity index (χ1n) is 5.68. The lowest BCUT2D eigenvalue weighted by Crippen LogP contribution is -2.08. The van der Waals surface area contributed by atoms with Crippen molar-refractivity contribution < 1.29 is 19.1 Å². The molecule has 0 aliphatic carbocycles. The van der Waals surface area contributed by atoms with Crippen LogP contribution in [0, 0.1) is 5.82 Å². The summed E-state index contributed by atoms with van der Waals surface area (Å²) in [6.45, 7) is 0. The number of benzene rings is 2. The van der Waals surface area contributed by atoms with E-state index in [1.807, 2.05) is 0 Å². The van der Waals surface area contributed by atoms with E-state index in [9.17, 15) is 14.0 Å². The molecular formula is C15H11FO3. The number of rotatable bonds is 4. The number of aromatic carboxylic acids is 1. The first-order chi connectivity index (χ1) is 9.08. The summed E-state index contributed by atoms with van der Waals surface area (Å²) in [6.07, 6.45) is -0.0197. The van der Waals surface area contributed by atoms with Crippen molar-refractivity contribution >= 4 is 11.8 Å². The van der Waals surface area contributed by atoms with Crippen LogP contribution in [0.1, 0.15) is 26.3 Å². The number of carbonyl (C=O) groups is 2. The molecule has 0 saturated heterocycles. The zero-order chi connectivity index (χ0) is 13.8. The zero-order valence-electron chi connectivity index (χ0n) is 9.97. The average molecular weight is 258 g/mol. The highest BCUT2D eigenvalue weighted by Crippen LogP contribution is 2.13. The highest BCUT2D eigenvalue weighted by molar-refractivity contribution is 5.99. The Bertz CT molecular complexity index is 618. The highest BCUT2D eigenvalue weighted by Gasteiger charge is 2.13. The van der Waals surface area contributed by atoms with Crippen LogP contribution >= 0.6 is 0 Å².